The third kappa shape index (κ3) is 4.65. The van der Waals surface area contributed by atoms with E-state index in [0.717, 1.165) is 24.5 Å². The lowest BCUT2D eigenvalue weighted by atomic mass is 10.2. The van der Waals surface area contributed by atoms with E-state index in [1.165, 1.54) is 12.7 Å². The minimum atomic E-state index is -0.215. The molecule has 1 aromatic rings. The Hall–Kier alpha value is -1.40. The zero-order valence-corrected chi connectivity index (χ0v) is 12.2. The molecule has 0 aliphatic rings. The minimum absolute atomic E-state index is 0.215. The molecule has 0 radical (unpaired) electrons. The van der Waals surface area contributed by atoms with Crippen LogP contribution in [0.15, 0.2) is 0 Å². The Labute approximate surface area is 114 Å². The van der Waals surface area contributed by atoms with E-state index in [4.69, 9.17) is 4.74 Å². The molecule has 0 aliphatic carbocycles. The molecule has 1 N–H and O–H groups in total. The van der Waals surface area contributed by atoms with Gasteiger partial charge in [0.25, 0.3) is 0 Å². The predicted molar refractivity (Wildman–Crippen MR) is 71.9 cm³/mol. The van der Waals surface area contributed by atoms with Crippen molar-refractivity contribution in [3.63, 3.8) is 0 Å². The van der Waals surface area contributed by atoms with Crippen LogP contribution in [0.5, 0.6) is 0 Å². The Morgan fingerprint density at radius 2 is 2.11 bits per heavy atom. The van der Waals surface area contributed by atoms with Crippen LogP contribution in [0.3, 0.4) is 0 Å². The maximum atomic E-state index is 11.1. The lowest BCUT2D eigenvalue weighted by molar-refractivity contribution is -0.140. The summed E-state index contributed by atoms with van der Waals surface area (Å²) in [7, 11) is 3.08. The summed E-state index contributed by atoms with van der Waals surface area (Å²) < 4.78 is 11.5. The molecule has 0 fully saturated rings. The van der Waals surface area contributed by atoms with Crippen LogP contribution in [0.25, 0.3) is 0 Å². The highest BCUT2D eigenvalue weighted by molar-refractivity contribution is 5.68. The van der Waals surface area contributed by atoms with Gasteiger partial charge in [0.2, 0.25) is 0 Å². The first-order valence-corrected chi connectivity index (χ1v) is 6.39. The van der Waals surface area contributed by atoms with Crippen molar-refractivity contribution in [2.45, 2.75) is 33.4 Å². The normalized spacial score (nSPS) is 10.7. The van der Waals surface area contributed by atoms with Crippen molar-refractivity contribution in [1.29, 1.82) is 0 Å². The Kier molecular flexibility index (Phi) is 6.52. The van der Waals surface area contributed by atoms with E-state index in [-0.39, 0.29) is 5.97 Å². The van der Waals surface area contributed by atoms with Crippen molar-refractivity contribution in [1.82, 2.24) is 15.1 Å². The number of methoxy groups -OCH3 is 2. The number of hydrogen-bond donors (Lipinski definition) is 1. The number of rotatable bonds is 8. The van der Waals surface area contributed by atoms with Crippen LogP contribution in [0.4, 0.5) is 0 Å². The number of nitrogens with zero attached hydrogens (tertiary/aromatic N) is 2. The number of aromatic nitrogens is 2. The molecule has 1 heterocycles. The summed E-state index contributed by atoms with van der Waals surface area (Å²) in [5.74, 6) is -0.215. The fourth-order valence-corrected chi connectivity index (χ4v) is 1.89. The van der Waals surface area contributed by atoms with Crippen LogP contribution in [0, 0.1) is 13.8 Å². The smallest absolute Gasteiger partial charge is 0.307 e. The summed E-state index contributed by atoms with van der Waals surface area (Å²) >= 11 is 0. The van der Waals surface area contributed by atoms with Gasteiger partial charge in [0.1, 0.15) is 0 Å². The highest BCUT2D eigenvalue weighted by Crippen LogP contribution is 2.13. The van der Waals surface area contributed by atoms with E-state index in [1.807, 2.05) is 18.5 Å². The van der Waals surface area contributed by atoms with Crippen molar-refractivity contribution >= 4 is 5.97 Å². The zero-order chi connectivity index (χ0) is 14.3. The average Bonchev–Trinajstić information content (AvgIpc) is 2.67. The standard InChI is InChI=1S/C13H23N3O3/c1-10-12(9-14-6-8-18-3)11(2)16(15-10)7-5-13(17)19-4/h14H,5-9H2,1-4H3. The van der Waals surface area contributed by atoms with Gasteiger partial charge >= 0.3 is 5.97 Å². The summed E-state index contributed by atoms with van der Waals surface area (Å²) in [6.45, 7) is 6.81. The monoisotopic (exact) mass is 269 g/mol. The van der Waals surface area contributed by atoms with Gasteiger partial charge in [-0.05, 0) is 13.8 Å². The van der Waals surface area contributed by atoms with Crippen molar-refractivity contribution in [3.05, 3.63) is 17.0 Å². The van der Waals surface area contributed by atoms with E-state index >= 15 is 0 Å². The minimum Gasteiger partial charge on any atom is -0.469 e. The van der Waals surface area contributed by atoms with Gasteiger partial charge in [-0.1, -0.05) is 0 Å². The van der Waals surface area contributed by atoms with Crippen molar-refractivity contribution < 1.29 is 14.3 Å². The average molecular weight is 269 g/mol. The Morgan fingerprint density at radius 1 is 1.37 bits per heavy atom. The molecule has 6 nitrogen and oxygen atoms in total. The van der Waals surface area contributed by atoms with Gasteiger partial charge in [0.15, 0.2) is 0 Å². The van der Waals surface area contributed by atoms with Gasteiger partial charge in [-0.25, -0.2) is 0 Å². The molecule has 0 aliphatic heterocycles. The maximum absolute atomic E-state index is 11.1. The number of aryl methyl sites for hydroxylation is 2. The van der Waals surface area contributed by atoms with E-state index in [2.05, 4.69) is 15.2 Å². The number of esters is 1. The Bertz CT molecular complexity index is 416. The molecule has 1 aromatic heterocycles. The molecule has 0 saturated heterocycles. The van der Waals surface area contributed by atoms with Crippen LogP contribution < -0.4 is 5.32 Å². The Morgan fingerprint density at radius 3 is 2.74 bits per heavy atom. The molecule has 0 amide bonds. The first-order valence-electron chi connectivity index (χ1n) is 6.39. The molecular formula is C13H23N3O3. The van der Waals surface area contributed by atoms with E-state index in [0.29, 0.717) is 19.6 Å². The molecule has 0 bridgehead atoms. The molecule has 0 aromatic carbocycles. The van der Waals surface area contributed by atoms with Gasteiger partial charge < -0.3 is 14.8 Å². The van der Waals surface area contributed by atoms with Crippen LogP contribution in [0.2, 0.25) is 0 Å². The molecule has 1 rings (SSSR count). The molecule has 0 unspecified atom stereocenters. The second-order valence-corrected chi connectivity index (χ2v) is 4.37. The van der Waals surface area contributed by atoms with Gasteiger partial charge in [-0.15, -0.1) is 0 Å². The maximum Gasteiger partial charge on any atom is 0.307 e. The summed E-state index contributed by atoms with van der Waals surface area (Å²) in [5, 5.41) is 7.76. The van der Waals surface area contributed by atoms with Crippen molar-refractivity contribution in [3.8, 4) is 0 Å². The largest absolute Gasteiger partial charge is 0.469 e. The fraction of sp³-hybridized carbons (Fsp3) is 0.692. The third-order valence-electron chi connectivity index (χ3n) is 3.07. The molecular weight excluding hydrogens is 246 g/mol. The lowest BCUT2D eigenvalue weighted by Gasteiger charge is -2.06. The SMILES string of the molecule is COCCNCc1c(C)nn(CCC(=O)OC)c1C. The molecule has 108 valence electrons. The summed E-state index contributed by atoms with van der Waals surface area (Å²) in [6.07, 6.45) is 0.342. The van der Waals surface area contributed by atoms with E-state index in [9.17, 15) is 4.79 Å². The van der Waals surface area contributed by atoms with Gasteiger partial charge in [-0.3, -0.25) is 9.48 Å². The van der Waals surface area contributed by atoms with Crippen molar-refractivity contribution in [2.24, 2.45) is 0 Å². The molecule has 0 spiro atoms. The van der Waals surface area contributed by atoms with Crippen molar-refractivity contribution in [2.75, 3.05) is 27.4 Å². The quantitative estimate of drug-likeness (QED) is 0.558. The van der Waals surface area contributed by atoms with Gasteiger partial charge in [-0.2, -0.15) is 5.10 Å². The van der Waals surface area contributed by atoms with Gasteiger partial charge in [0, 0.05) is 31.5 Å². The second kappa shape index (κ2) is 7.91. The van der Waals surface area contributed by atoms with Crippen LogP contribution in [-0.4, -0.2) is 43.1 Å². The first kappa shape index (κ1) is 15.7. The number of carbonyl (C=O) groups is 1. The molecule has 6 heteroatoms. The molecule has 0 saturated carbocycles. The number of hydrogen-bond acceptors (Lipinski definition) is 5. The Balaban J connectivity index is 2.58. The first-order chi connectivity index (χ1) is 9.10. The van der Waals surface area contributed by atoms with Gasteiger partial charge in [0.05, 0.1) is 32.4 Å². The summed E-state index contributed by atoms with van der Waals surface area (Å²) in [5.41, 5.74) is 3.26. The fourth-order valence-electron chi connectivity index (χ4n) is 1.89. The number of carbonyl (C=O) groups excluding carboxylic acids is 1. The topological polar surface area (TPSA) is 65.4 Å². The van der Waals surface area contributed by atoms with E-state index in [1.54, 1.807) is 7.11 Å². The van der Waals surface area contributed by atoms with Crippen LogP contribution >= 0.6 is 0 Å². The second-order valence-electron chi connectivity index (χ2n) is 4.37. The number of nitrogens with one attached hydrogen (secondary N) is 1. The van der Waals surface area contributed by atoms with Crippen LogP contribution in [0.1, 0.15) is 23.4 Å². The predicted octanol–water partition coefficient (Wildman–Crippen LogP) is 0.799. The lowest BCUT2D eigenvalue weighted by Crippen LogP contribution is -2.19. The van der Waals surface area contributed by atoms with Crippen LogP contribution in [-0.2, 0) is 27.4 Å². The number of ether oxygens (including phenoxy) is 2. The molecule has 19 heavy (non-hydrogen) atoms. The highest BCUT2D eigenvalue weighted by atomic mass is 16.5. The summed E-state index contributed by atoms with van der Waals surface area (Å²) in [6, 6.07) is 0. The van der Waals surface area contributed by atoms with E-state index < -0.39 is 0 Å². The highest BCUT2D eigenvalue weighted by Gasteiger charge is 2.12. The zero-order valence-electron chi connectivity index (χ0n) is 12.2. The molecule has 0 atom stereocenters. The third-order valence-corrected chi connectivity index (χ3v) is 3.07. The summed E-state index contributed by atoms with van der Waals surface area (Å²) in [4.78, 5) is 11.1.